The van der Waals surface area contributed by atoms with Gasteiger partial charge in [-0.05, 0) is 37.1 Å². The van der Waals surface area contributed by atoms with Gasteiger partial charge in [-0.2, -0.15) is 0 Å². The first kappa shape index (κ1) is 13.9. The first-order chi connectivity index (χ1) is 9.15. The number of nitrogens with one attached hydrogen (secondary N) is 2. The lowest BCUT2D eigenvalue weighted by atomic mass is 9.85. The Morgan fingerprint density at radius 2 is 1.89 bits per heavy atom. The first-order valence-corrected chi connectivity index (χ1v) is 6.91. The topological polar surface area (TPSA) is 67.4 Å². The van der Waals surface area contributed by atoms with Gasteiger partial charge in [0.05, 0.1) is 0 Å². The molecule has 1 fully saturated rings. The van der Waals surface area contributed by atoms with E-state index in [-0.39, 0.29) is 24.3 Å². The maximum atomic E-state index is 11.5. The molecule has 0 spiro atoms. The molecule has 1 aromatic rings. The van der Waals surface area contributed by atoms with Crippen molar-refractivity contribution in [1.29, 1.82) is 0 Å². The highest BCUT2D eigenvalue weighted by Crippen LogP contribution is 2.25. The SMILES string of the molecule is O=C(COc1ccc(Br)cc1)NNC(=O)C1CCC1. The minimum Gasteiger partial charge on any atom is -0.484 e. The fourth-order valence-corrected chi connectivity index (χ4v) is 1.88. The first-order valence-electron chi connectivity index (χ1n) is 6.12. The molecule has 19 heavy (non-hydrogen) atoms. The van der Waals surface area contributed by atoms with Crippen LogP contribution in [0.5, 0.6) is 5.75 Å². The van der Waals surface area contributed by atoms with Gasteiger partial charge in [0, 0.05) is 10.4 Å². The van der Waals surface area contributed by atoms with E-state index in [1.54, 1.807) is 12.1 Å². The molecule has 102 valence electrons. The zero-order chi connectivity index (χ0) is 13.7. The average molecular weight is 327 g/mol. The van der Waals surface area contributed by atoms with Crippen molar-refractivity contribution in [3.63, 3.8) is 0 Å². The van der Waals surface area contributed by atoms with Crippen molar-refractivity contribution in [2.45, 2.75) is 19.3 Å². The van der Waals surface area contributed by atoms with Crippen molar-refractivity contribution in [3.05, 3.63) is 28.7 Å². The molecule has 0 aromatic heterocycles. The van der Waals surface area contributed by atoms with Gasteiger partial charge in [-0.3, -0.25) is 20.4 Å². The van der Waals surface area contributed by atoms with E-state index in [2.05, 4.69) is 26.8 Å². The molecule has 0 atom stereocenters. The summed E-state index contributed by atoms with van der Waals surface area (Å²) in [6.45, 7) is -0.132. The van der Waals surface area contributed by atoms with Crippen LogP contribution in [-0.2, 0) is 9.59 Å². The van der Waals surface area contributed by atoms with Crippen LogP contribution in [0.4, 0.5) is 0 Å². The number of hydrazine groups is 1. The molecule has 1 aromatic carbocycles. The lowest BCUT2D eigenvalue weighted by Crippen LogP contribution is -2.47. The van der Waals surface area contributed by atoms with Crippen LogP contribution in [0.1, 0.15) is 19.3 Å². The van der Waals surface area contributed by atoms with Crippen LogP contribution in [0.3, 0.4) is 0 Å². The number of hydrogen-bond acceptors (Lipinski definition) is 3. The Bertz CT molecular complexity index is 457. The maximum Gasteiger partial charge on any atom is 0.276 e. The zero-order valence-electron chi connectivity index (χ0n) is 10.3. The van der Waals surface area contributed by atoms with Gasteiger partial charge in [0.1, 0.15) is 5.75 Å². The molecule has 0 radical (unpaired) electrons. The van der Waals surface area contributed by atoms with E-state index in [1.165, 1.54) is 0 Å². The predicted molar refractivity (Wildman–Crippen MR) is 73.3 cm³/mol. The summed E-state index contributed by atoms with van der Waals surface area (Å²) in [6, 6.07) is 7.16. The smallest absolute Gasteiger partial charge is 0.276 e. The van der Waals surface area contributed by atoms with Gasteiger partial charge < -0.3 is 4.74 Å². The van der Waals surface area contributed by atoms with Gasteiger partial charge in [0.15, 0.2) is 6.61 Å². The van der Waals surface area contributed by atoms with Crippen LogP contribution in [-0.4, -0.2) is 18.4 Å². The van der Waals surface area contributed by atoms with Crippen LogP contribution in [0, 0.1) is 5.92 Å². The Morgan fingerprint density at radius 3 is 2.47 bits per heavy atom. The summed E-state index contributed by atoms with van der Waals surface area (Å²) < 4.78 is 6.21. The summed E-state index contributed by atoms with van der Waals surface area (Å²) in [5.74, 6) is 0.148. The summed E-state index contributed by atoms with van der Waals surface area (Å²) in [6.07, 6.45) is 2.88. The van der Waals surface area contributed by atoms with Gasteiger partial charge in [0.2, 0.25) is 5.91 Å². The molecular formula is C13H15BrN2O3. The number of halogens is 1. The summed E-state index contributed by atoms with van der Waals surface area (Å²) in [5, 5.41) is 0. The molecule has 6 heteroatoms. The molecule has 2 rings (SSSR count). The third-order valence-electron chi connectivity index (χ3n) is 2.98. The normalized spacial score (nSPS) is 14.4. The molecule has 1 aliphatic carbocycles. The Hall–Kier alpha value is -1.56. The molecule has 1 aliphatic rings. The molecular weight excluding hydrogens is 312 g/mol. The molecule has 0 unspecified atom stereocenters. The lowest BCUT2D eigenvalue weighted by Gasteiger charge is -2.23. The second kappa shape index (κ2) is 6.56. The van der Waals surface area contributed by atoms with E-state index in [9.17, 15) is 9.59 Å². The van der Waals surface area contributed by atoms with E-state index in [1.807, 2.05) is 12.1 Å². The third-order valence-corrected chi connectivity index (χ3v) is 3.51. The highest BCUT2D eigenvalue weighted by atomic mass is 79.9. The summed E-state index contributed by atoms with van der Waals surface area (Å²) in [4.78, 5) is 22.9. The van der Waals surface area contributed by atoms with Crippen molar-refractivity contribution in [2.75, 3.05) is 6.61 Å². The van der Waals surface area contributed by atoms with Gasteiger partial charge in [0.25, 0.3) is 5.91 Å². The monoisotopic (exact) mass is 326 g/mol. The second-order valence-electron chi connectivity index (χ2n) is 4.41. The van der Waals surface area contributed by atoms with Crippen molar-refractivity contribution in [3.8, 4) is 5.75 Å². The van der Waals surface area contributed by atoms with E-state index < -0.39 is 0 Å². The summed E-state index contributed by atoms with van der Waals surface area (Å²) in [5.41, 5.74) is 4.74. The number of benzene rings is 1. The van der Waals surface area contributed by atoms with Crippen molar-refractivity contribution in [1.82, 2.24) is 10.9 Å². The third kappa shape index (κ3) is 4.24. The molecule has 0 heterocycles. The van der Waals surface area contributed by atoms with E-state index in [0.29, 0.717) is 5.75 Å². The highest BCUT2D eigenvalue weighted by molar-refractivity contribution is 9.10. The Morgan fingerprint density at radius 1 is 1.21 bits per heavy atom. The lowest BCUT2D eigenvalue weighted by molar-refractivity contribution is -0.133. The standard InChI is InChI=1S/C13H15BrN2O3/c14-10-4-6-11(7-5-10)19-8-12(17)15-16-13(18)9-2-1-3-9/h4-7,9H,1-3,8H2,(H,15,17)(H,16,18). The molecule has 5 nitrogen and oxygen atoms in total. The van der Waals surface area contributed by atoms with Crippen LogP contribution >= 0.6 is 15.9 Å². The van der Waals surface area contributed by atoms with E-state index in [0.717, 1.165) is 23.7 Å². The van der Waals surface area contributed by atoms with Crippen LogP contribution in [0.25, 0.3) is 0 Å². The number of carbonyl (C=O) groups is 2. The fraction of sp³-hybridized carbons (Fsp3) is 0.385. The van der Waals surface area contributed by atoms with Crippen molar-refractivity contribution >= 4 is 27.7 Å². The molecule has 1 saturated carbocycles. The molecule has 0 bridgehead atoms. The minimum absolute atomic E-state index is 0.0488. The summed E-state index contributed by atoms with van der Waals surface area (Å²) >= 11 is 3.31. The van der Waals surface area contributed by atoms with Gasteiger partial charge in [-0.15, -0.1) is 0 Å². The van der Waals surface area contributed by atoms with E-state index in [4.69, 9.17) is 4.74 Å². The number of rotatable bonds is 4. The van der Waals surface area contributed by atoms with Crippen LogP contribution in [0.15, 0.2) is 28.7 Å². The van der Waals surface area contributed by atoms with Crippen LogP contribution in [0.2, 0.25) is 0 Å². The van der Waals surface area contributed by atoms with Gasteiger partial charge in [-0.25, -0.2) is 0 Å². The maximum absolute atomic E-state index is 11.5. The molecule has 0 saturated heterocycles. The second-order valence-corrected chi connectivity index (χ2v) is 5.32. The Labute approximate surface area is 119 Å². The highest BCUT2D eigenvalue weighted by Gasteiger charge is 2.25. The largest absolute Gasteiger partial charge is 0.484 e. The number of ether oxygens (including phenoxy) is 1. The number of hydrogen-bond donors (Lipinski definition) is 2. The van der Waals surface area contributed by atoms with E-state index >= 15 is 0 Å². The van der Waals surface area contributed by atoms with Crippen LogP contribution < -0.4 is 15.6 Å². The fourth-order valence-electron chi connectivity index (χ4n) is 1.62. The van der Waals surface area contributed by atoms with Crippen molar-refractivity contribution in [2.24, 2.45) is 5.92 Å². The number of carbonyl (C=O) groups excluding carboxylic acids is 2. The number of amides is 2. The quantitative estimate of drug-likeness (QED) is 0.829. The van der Waals surface area contributed by atoms with Crippen molar-refractivity contribution < 1.29 is 14.3 Å². The average Bonchev–Trinajstić information content (AvgIpc) is 2.33. The van der Waals surface area contributed by atoms with Gasteiger partial charge in [-0.1, -0.05) is 22.4 Å². The molecule has 2 amide bonds. The zero-order valence-corrected chi connectivity index (χ0v) is 11.9. The predicted octanol–water partition coefficient (Wildman–Crippen LogP) is 1.78. The minimum atomic E-state index is -0.379. The molecule has 0 aliphatic heterocycles. The molecule has 2 N–H and O–H groups in total. The summed E-state index contributed by atoms with van der Waals surface area (Å²) in [7, 11) is 0. The van der Waals surface area contributed by atoms with Gasteiger partial charge >= 0.3 is 0 Å². The Kier molecular flexibility index (Phi) is 4.79. The Balaban J connectivity index is 1.66.